The third-order valence-electron chi connectivity index (χ3n) is 1.88. The van der Waals surface area contributed by atoms with Crippen molar-refractivity contribution in [3.63, 3.8) is 0 Å². The Morgan fingerprint density at radius 2 is 2.33 bits per heavy atom. The highest BCUT2D eigenvalue weighted by Gasteiger charge is 1.99. The Morgan fingerprint density at radius 3 is 3.00 bits per heavy atom. The highest BCUT2D eigenvalue weighted by atomic mass is 127. The normalized spacial score (nSPS) is 10.3. The molecule has 0 amide bonds. The zero-order valence-corrected chi connectivity index (χ0v) is 10.0. The minimum Gasteiger partial charge on any atom is -0.308 e. The van der Waals surface area contributed by atoms with Gasteiger partial charge in [-0.15, -0.1) is 0 Å². The van der Waals surface area contributed by atoms with Crippen LogP contribution in [0.25, 0.3) is 0 Å². The molecule has 3 N–H and O–H groups in total. The van der Waals surface area contributed by atoms with Crippen LogP contribution in [0.1, 0.15) is 5.69 Å². The Labute approximate surface area is 101 Å². The lowest BCUT2D eigenvalue weighted by Gasteiger charge is -2.03. The van der Waals surface area contributed by atoms with Gasteiger partial charge in [-0.3, -0.25) is 4.68 Å². The van der Waals surface area contributed by atoms with Crippen LogP contribution < -0.4 is 11.3 Å². The van der Waals surface area contributed by atoms with Gasteiger partial charge < -0.3 is 5.43 Å². The van der Waals surface area contributed by atoms with Crippen molar-refractivity contribution < 1.29 is 0 Å². The van der Waals surface area contributed by atoms with E-state index in [0.717, 1.165) is 9.26 Å². The number of nitrogen functional groups attached to an aromatic ring is 1. The van der Waals surface area contributed by atoms with E-state index in [-0.39, 0.29) is 0 Å². The molecule has 0 saturated carbocycles. The van der Waals surface area contributed by atoms with Gasteiger partial charge in [0, 0.05) is 6.20 Å². The fraction of sp³-hybridized carbons (Fsp3) is 0.111. The van der Waals surface area contributed by atoms with E-state index in [1.807, 2.05) is 35.3 Å². The first-order chi connectivity index (χ1) is 7.28. The van der Waals surface area contributed by atoms with Crippen LogP contribution in [0.4, 0.5) is 5.82 Å². The number of nitrogens with zero attached hydrogens (tertiary/aromatic N) is 3. The zero-order chi connectivity index (χ0) is 10.7. The molecule has 0 atom stereocenters. The van der Waals surface area contributed by atoms with Gasteiger partial charge in [-0.25, -0.2) is 10.8 Å². The van der Waals surface area contributed by atoms with Gasteiger partial charge >= 0.3 is 0 Å². The summed E-state index contributed by atoms with van der Waals surface area (Å²) in [7, 11) is 0. The van der Waals surface area contributed by atoms with Crippen molar-refractivity contribution in [2.24, 2.45) is 5.84 Å². The van der Waals surface area contributed by atoms with Gasteiger partial charge in [-0.2, -0.15) is 5.10 Å². The van der Waals surface area contributed by atoms with E-state index in [9.17, 15) is 0 Å². The van der Waals surface area contributed by atoms with Crippen molar-refractivity contribution in [2.75, 3.05) is 5.43 Å². The molecular weight excluding hydrogens is 305 g/mol. The van der Waals surface area contributed by atoms with Crippen LogP contribution in [-0.4, -0.2) is 14.8 Å². The Bertz CT molecular complexity index is 453. The second-order valence-corrected chi connectivity index (χ2v) is 4.26. The molecule has 78 valence electrons. The third kappa shape index (κ3) is 2.66. The molecule has 6 heteroatoms. The predicted molar refractivity (Wildman–Crippen MR) is 66.1 cm³/mol. The maximum atomic E-state index is 5.28. The number of hydrogen-bond acceptors (Lipinski definition) is 4. The Morgan fingerprint density at radius 1 is 1.47 bits per heavy atom. The molecule has 2 aromatic rings. The molecule has 0 spiro atoms. The molecule has 0 aliphatic rings. The molecule has 15 heavy (non-hydrogen) atoms. The van der Waals surface area contributed by atoms with Gasteiger partial charge in [0.1, 0.15) is 5.82 Å². The maximum absolute atomic E-state index is 5.28. The van der Waals surface area contributed by atoms with Crippen molar-refractivity contribution in [1.82, 2.24) is 14.8 Å². The van der Waals surface area contributed by atoms with Gasteiger partial charge in [-0.1, -0.05) is 6.07 Å². The van der Waals surface area contributed by atoms with E-state index >= 15 is 0 Å². The number of halogens is 1. The molecule has 0 aliphatic carbocycles. The van der Waals surface area contributed by atoms with Gasteiger partial charge in [0.05, 0.1) is 22.0 Å². The summed E-state index contributed by atoms with van der Waals surface area (Å²) in [6.07, 6.45) is 3.77. The highest BCUT2D eigenvalue weighted by molar-refractivity contribution is 14.1. The molecule has 0 radical (unpaired) electrons. The number of anilines is 1. The molecule has 5 nitrogen and oxygen atoms in total. The average Bonchev–Trinajstić information content (AvgIpc) is 2.64. The summed E-state index contributed by atoms with van der Waals surface area (Å²) in [4.78, 5) is 4.30. The smallest absolute Gasteiger partial charge is 0.140 e. The standard InChI is InChI=1S/C9H10IN5/c10-7-4-12-15(5-7)6-8-2-1-3-9(13-8)14-11/h1-5H,6,11H2,(H,13,14). The third-order valence-corrected chi connectivity index (χ3v) is 2.44. The second-order valence-electron chi connectivity index (χ2n) is 3.01. The van der Waals surface area contributed by atoms with Crippen molar-refractivity contribution in [3.05, 3.63) is 39.9 Å². The first-order valence-electron chi connectivity index (χ1n) is 4.38. The van der Waals surface area contributed by atoms with Crippen LogP contribution in [0.15, 0.2) is 30.6 Å². The van der Waals surface area contributed by atoms with Gasteiger partial charge in [-0.05, 0) is 34.7 Å². The lowest BCUT2D eigenvalue weighted by Crippen LogP contribution is -2.10. The van der Waals surface area contributed by atoms with Crippen LogP contribution >= 0.6 is 22.6 Å². The van der Waals surface area contributed by atoms with Crippen molar-refractivity contribution in [1.29, 1.82) is 0 Å². The number of rotatable bonds is 3. The number of hydrogen-bond donors (Lipinski definition) is 2. The van der Waals surface area contributed by atoms with Crippen LogP contribution in [0.2, 0.25) is 0 Å². The summed E-state index contributed by atoms with van der Waals surface area (Å²) >= 11 is 2.22. The number of nitrogens with one attached hydrogen (secondary N) is 1. The molecule has 0 unspecified atom stereocenters. The highest BCUT2D eigenvalue weighted by Crippen LogP contribution is 2.06. The van der Waals surface area contributed by atoms with Gasteiger partial charge in [0.2, 0.25) is 0 Å². The first kappa shape index (κ1) is 10.4. The summed E-state index contributed by atoms with van der Waals surface area (Å²) in [5.74, 6) is 5.94. The SMILES string of the molecule is NNc1cccc(Cn2cc(I)cn2)n1. The van der Waals surface area contributed by atoms with E-state index in [0.29, 0.717) is 12.4 Å². The summed E-state index contributed by atoms with van der Waals surface area (Å²) in [5, 5.41) is 4.18. The Balaban J connectivity index is 2.16. The monoisotopic (exact) mass is 315 g/mol. The topological polar surface area (TPSA) is 68.8 Å². The van der Waals surface area contributed by atoms with E-state index < -0.39 is 0 Å². The van der Waals surface area contributed by atoms with Gasteiger partial charge in [0.15, 0.2) is 0 Å². The van der Waals surface area contributed by atoms with E-state index in [2.05, 4.69) is 38.1 Å². The molecule has 0 fully saturated rings. The zero-order valence-electron chi connectivity index (χ0n) is 7.89. The molecule has 0 bridgehead atoms. The number of nitrogens with two attached hydrogens (primary N) is 1. The molecule has 0 aromatic carbocycles. The number of hydrazine groups is 1. The minimum absolute atomic E-state index is 0.651. The number of aromatic nitrogens is 3. The fourth-order valence-corrected chi connectivity index (χ4v) is 1.68. The molecular formula is C9H10IN5. The van der Waals surface area contributed by atoms with E-state index in [1.165, 1.54) is 0 Å². The van der Waals surface area contributed by atoms with Crippen molar-refractivity contribution in [3.8, 4) is 0 Å². The van der Waals surface area contributed by atoms with Crippen LogP contribution in [0.5, 0.6) is 0 Å². The average molecular weight is 315 g/mol. The largest absolute Gasteiger partial charge is 0.308 e. The lowest BCUT2D eigenvalue weighted by atomic mass is 10.3. The first-order valence-corrected chi connectivity index (χ1v) is 5.46. The maximum Gasteiger partial charge on any atom is 0.140 e. The molecule has 2 aromatic heterocycles. The Kier molecular flexibility index (Phi) is 3.17. The molecule has 2 heterocycles. The second kappa shape index (κ2) is 4.58. The summed E-state index contributed by atoms with van der Waals surface area (Å²) in [6, 6.07) is 5.66. The van der Waals surface area contributed by atoms with E-state index in [1.54, 1.807) is 0 Å². The van der Waals surface area contributed by atoms with Crippen molar-refractivity contribution in [2.45, 2.75) is 6.54 Å². The molecule has 2 rings (SSSR count). The summed E-state index contributed by atoms with van der Waals surface area (Å²) < 4.78 is 2.95. The predicted octanol–water partition coefficient (Wildman–Crippen LogP) is 1.22. The van der Waals surface area contributed by atoms with Crippen LogP contribution in [0.3, 0.4) is 0 Å². The van der Waals surface area contributed by atoms with Crippen LogP contribution in [0, 0.1) is 3.57 Å². The van der Waals surface area contributed by atoms with Crippen molar-refractivity contribution >= 4 is 28.4 Å². The Hall–Kier alpha value is -1.15. The molecule has 0 aliphatic heterocycles. The van der Waals surface area contributed by atoms with E-state index in [4.69, 9.17) is 5.84 Å². The fourth-order valence-electron chi connectivity index (χ4n) is 1.24. The molecule has 0 saturated heterocycles. The quantitative estimate of drug-likeness (QED) is 0.508. The van der Waals surface area contributed by atoms with Gasteiger partial charge in [0.25, 0.3) is 0 Å². The van der Waals surface area contributed by atoms with Crippen LogP contribution in [-0.2, 0) is 6.54 Å². The summed E-state index contributed by atoms with van der Waals surface area (Å²) in [5.41, 5.74) is 3.44. The summed E-state index contributed by atoms with van der Waals surface area (Å²) in [6.45, 7) is 0.651. The lowest BCUT2D eigenvalue weighted by molar-refractivity contribution is 0.673. The number of pyridine rings is 1. The minimum atomic E-state index is 0.651.